The van der Waals surface area contributed by atoms with Gasteiger partial charge in [0, 0.05) is 17.6 Å². The van der Waals surface area contributed by atoms with E-state index in [2.05, 4.69) is 36.1 Å². The molecule has 0 aliphatic carbocycles. The van der Waals surface area contributed by atoms with Gasteiger partial charge in [-0.05, 0) is 43.2 Å². The molecule has 0 radical (unpaired) electrons. The summed E-state index contributed by atoms with van der Waals surface area (Å²) in [6, 6.07) is 7.51. The molecule has 3 aromatic rings. The van der Waals surface area contributed by atoms with Crippen molar-refractivity contribution in [1.82, 2.24) is 14.8 Å². The summed E-state index contributed by atoms with van der Waals surface area (Å²) in [5, 5.41) is 5.47. The number of hydrogen-bond donors (Lipinski definition) is 1. The predicted octanol–water partition coefficient (Wildman–Crippen LogP) is 2.33. The molecule has 0 aliphatic heterocycles. The van der Waals surface area contributed by atoms with Crippen LogP contribution in [0.25, 0.3) is 16.6 Å². The van der Waals surface area contributed by atoms with E-state index in [-0.39, 0.29) is 5.56 Å². The van der Waals surface area contributed by atoms with Crippen molar-refractivity contribution in [2.45, 2.75) is 13.8 Å². The molecule has 1 aromatic carbocycles. The fraction of sp³-hybridized carbons (Fsp3) is 0.143. The van der Waals surface area contributed by atoms with Crippen LogP contribution >= 0.6 is 0 Å². The van der Waals surface area contributed by atoms with E-state index in [1.54, 1.807) is 12.3 Å². The van der Waals surface area contributed by atoms with Crippen LogP contribution in [-0.4, -0.2) is 14.8 Å². The maximum absolute atomic E-state index is 11.1. The minimum absolute atomic E-state index is 0.109. The van der Waals surface area contributed by atoms with Crippen LogP contribution in [0.5, 0.6) is 0 Å². The number of aryl methyl sites for hydroxylation is 2. The number of fused-ring (bicyclic) bond motifs is 1. The van der Waals surface area contributed by atoms with E-state index in [0.717, 1.165) is 16.6 Å². The zero-order valence-electron chi connectivity index (χ0n) is 10.3. The molecular formula is C14H13N3O. The fourth-order valence-electron chi connectivity index (χ4n) is 2.03. The number of H-pyrrole nitrogens is 1. The average Bonchev–Trinajstić information content (AvgIpc) is 2.74. The number of hydrogen-bond acceptors (Lipinski definition) is 2. The van der Waals surface area contributed by atoms with Crippen LogP contribution in [0, 0.1) is 13.8 Å². The number of nitrogens with zero attached hydrogens (tertiary/aromatic N) is 2. The summed E-state index contributed by atoms with van der Waals surface area (Å²) < 4.78 is 1.83. The molecule has 0 unspecified atom stereocenters. The lowest BCUT2D eigenvalue weighted by molar-refractivity contribution is 0.900. The maximum atomic E-state index is 11.1. The Labute approximate surface area is 104 Å². The van der Waals surface area contributed by atoms with E-state index >= 15 is 0 Å². The van der Waals surface area contributed by atoms with Gasteiger partial charge in [0.25, 0.3) is 0 Å². The van der Waals surface area contributed by atoms with Gasteiger partial charge in [-0.1, -0.05) is 0 Å². The molecule has 90 valence electrons. The second-order valence-electron chi connectivity index (χ2n) is 4.46. The van der Waals surface area contributed by atoms with Crippen molar-refractivity contribution in [3.8, 4) is 5.69 Å². The van der Waals surface area contributed by atoms with Crippen molar-refractivity contribution in [3.05, 3.63) is 58.1 Å². The van der Waals surface area contributed by atoms with E-state index < -0.39 is 0 Å². The summed E-state index contributed by atoms with van der Waals surface area (Å²) in [5.41, 5.74) is 4.28. The van der Waals surface area contributed by atoms with Crippen molar-refractivity contribution in [3.63, 3.8) is 0 Å². The van der Waals surface area contributed by atoms with Crippen molar-refractivity contribution < 1.29 is 0 Å². The monoisotopic (exact) mass is 239 g/mol. The molecule has 0 spiro atoms. The molecule has 1 N–H and O–H groups in total. The summed E-state index contributed by atoms with van der Waals surface area (Å²) >= 11 is 0. The molecule has 0 aliphatic rings. The van der Waals surface area contributed by atoms with Crippen LogP contribution in [-0.2, 0) is 0 Å². The molecule has 18 heavy (non-hydrogen) atoms. The number of nitrogens with one attached hydrogen (secondary N) is 1. The third-order valence-corrected chi connectivity index (χ3v) is 3.20. The summed E-state index contributed by atoms with van der Waals surface area (Å²) in [6.07, 6.45) is 3.51. The molecule has 2 aromatic heterocycles. The van der Waals surface area contributed by atoms with Gasteiger partial charge in [0.15, 0.2) is 0 Å². The third-order valence-electron chi connectivity index (χ3n) is 3.20. The molecular weight excluding hydrogens is 226 g/mol. The van der Waals surface area contributed by atoms with E-state index in [1.807, 2.05) is 10.9 Å². The van der Waals surface area contributed by atoms with Gasteiger partial charge < -0.3 is 4.98 Å². The molecule has 0 saturated heterocycles. The molecule has 0 atom stereocenters. The molecule has 4 nitrogen and oxygen atoms in total. The highest BCUT2D eigenvalue weighted by atomic mass is 16.1. The topological polar surface area (TPSA) is 50.7 Å². The van der Waals surface area contributed by atoms with E-state index in [1.165, 1.54) is 17.2 Å². The predicted molar refractivity (Wildman–Crippen MR) is 71.2 cm³/mol. The Morgan fingerprint density at radius 2 is 1.94 bits per heavy atom. The Kier molecular flexibility index (Phi) is 2.30. The van der Waals surface area contributed by atoms with Gasteiger partial charge in [-0.2, -0.15) is 5.10 Å². The Bertz CT molecular complexity index is 763. The lowest BCUT2D eigenvalue weighted by Crippen LogP contribution is -2.05. The maximum Gasteiger partial charge on any atom is 0.248 e. The number of aromatic amines is 1. The third kappa shape index (κ3) is 1.62. The normalized spacial score (nSPS) is 11.0. The molecule has 3 rings (SSSR count). The van der Waals surface area contributed by atoms with E-state index in [0.29, 0.717) is 0 Å². The largest absolute Gasteiger partial charge is 0.327 e. The number of rotatable bonds is 1. The zero-order valence-corrected chi connectivity index (χ0v) is 10.3. The summed E-state index contributed by atoms with van der Waals surface area (Å²) in [4.78, 5) is 13.7. The quantitative estimate of drug-likeness (QED) is 0.708. The van der Waals surface area contributed by atoms with Crippen LogP contribution in [0.15, 0.2) is 41.5 Å². The summed E-state index contributed by atoms with van der Waals surface area (Å²) in [6.45, 7) is 4.17. The molecule has 2 heterocycles. The van der Waals surface area contributed by atoms with Crippen molar-refractivity contribution >= 4 is 10.9 Å². The van der Waals surface area contributed by atoms with Crippen molar-refractivity contribution in [2.75, 3.05) is 0 Å². The van der Waals surface area contributed by atoms with Crippen LogP contribution in [0.2, 0.25) is 0 Å². The highest BCUT2D eigenvalue weighted by molar-refractivity contribution is 5.81. The first-order chi connectivity index (χ1) is 8.65. The molecule has 0 amide bonds. The lowest BCUT2D eigenvalue weighted by atomic mass is 10.1. The first kappa shape index (κ1) is 10.8. The van der Waals surface area contributed by atoms with Gasteiger partial charge in [-0.15, -0.1) is 0 Å². The highest BCUT2D eigenvalue weighted by Crippen LogP contribution is 2.21. The minimum atomic E-state index is -0.109. The van der Waals surface area contributed by atoms with Gasteiger partial charge >= 0.3 is 0 Å². The van der Waals surface area contributed by atoms with Gasteiger partial charge in [0.2, 0.25) is 5.56 Å². The summed E-state index contributed by atoms with van der Waals surface area (Å²) in [7, 11) is 0. The Balaban J connectivity index is 2.27. The van der Waals surface area contributed by atoms with Crippen LogP contribution < -0.4 is 5.56 Å². The molecule has 4 heteroatoms. The standard InChI is InChI=1S/C14H13N3O/c1-9-5-11-7-16-17(13(11)6-10(9)2)12-3-4-14(18)15-8-12/h3-8H,1-2H3,(H,15,18). The van der Waals surface area contributed by atoms with Gasteiger partial charge in [-0.3, -0.25) is 4.79 Å². The van der Waals surface area contributed by atoms with Gasteiger partial charge in [-0.25, -0.2) is 4.68 Å². The first-order valence-corrected chi connectivity index (χ1v) is 5.79. The SMILES string of the molecule is Cc1cc2cnn(-c3ccc(=O)[nH]c3)c2cc1C. The van der Waals surface area contributed by atoms with Gasteiger partial charge in [0.1, 0.15) is 0 Å². The molecule has 0 bridgehead atoms. The smallest absolute Gasteiger partial charge is 0.248 e. The number of benzene rings is 1. The highest BCUT2D eigenvalue weighted by Gasteiger charge is 2.06. The van der Waals surface area contributed by atoms with Gasteiger partial charge in [0.05, 0.1) is 17.4 Å². The van der Waals surface area contributed by atoms with E-state index in [4.69, 9.17) is 0 Å². The van der Waals surface area contributed by atoms with Crippen molar-refractivity contribution in [2.24, 2.45) is 0 Å². The minimum Gasteiger partial charge on any atom is -0.327 e. The van der Waals surface area contributed by atoms with E-state index in [9.17, 15) is 4.79 Å². The lowest BCUT2D eigenvalue weighted by Gasteiger charge is -2.04. The van der Waals surface area contributed by atoms with Crippen molar-refractivity contribution in [1.29, 1.82) is 0 Å². The summed E-state index contributed by atoms with van der Waals surface area (Å²) in [5.74, 6) is 0. The average molecular weight is 239 g/mol. The fourth-order valence-corrected chi connectivity index (χ4v) is 2.03. The Hall–Kier alpha value is -2.36. The Morgan fingerprint density at radius 1 is 1.17 bits per heavy atom. The second kappa shape index (κ2) is 3.84. The molecule has 0 saturated carbocycles. The number of pyridine rings is 1. The second-order valence-corrected chi connectivity index (χ2v) is 4.46. The van der Waals surface area contributed by atoms with Crippen LogP contribution in [0.3, 0.4) is 0 Å². The van der Waals surface area contributed by atoms with Crippen LogP contribution in [0.4, 0.5) is 0 Å². The number of aromatic nitrogens is 3. The first-order valence-electron chi connectivity index (χ1n) is 5.79. The zero-order chi connectivity index (χ0) is 12.7. The Morgan fingerprint density at radius 3 is 2.67 bits per heavy atom. The van der Waals surface area contributed by atoms with Crippen LogP contribution in [0.1, 0.15) is 11.1 Å². The molecule has 0 fully saturated rings.